The summed E-state index contributed by atoms with van der Waals surface area (Å²) in [5, 5.41) is 0. The molecular formula is C24H26NOY-. The predicted molar refractivity (Wildman–Crippen MR) is 104 cm³/mol. The van der Waals surface area contributed by atoms with Crippen LogP contribution in [0.15, 0.2) is 60.2 Å². The Morgan fingerprint density at radius 3 is 2.37 bits per heavy atom. The Kier molecular flexibility index (Phi) is 7.06. The minimum absolute atomic E-state index is 0. The molecule has 0 saturated heterocycles. The zero-order valence-corrected chi connectivity index (χ0v) is 18.9. The van der Waals surface area contributed by atoms with E-state index in [9.17, 15) is 4.79 Å². The number of fused-ring (bicyclic) bond motifs is 1. The summed E-state index contributed by atoms with van der Waals surface area (Å²) in [5.74, 6) is 0.950. The second-order valence-electron chi connectivity index (χ2n) is 7.77. The van der Waals surface area contributed by atoms with E-state index in [1.54, 1.807) is 0 Å². The van der Waals surface area contributed by atoms with Crippen molar-refractivity contribution in [3.05, 3.63) is 82.9 Å². The van der Waals surface area contributed by atoms with Crippen molar-refractivity contribution in [2.75, 3.05) is 0 Å². The predicted octanol–water partition coefficient (Wildman–Crippen LogP) is 4.93. The largest absolute Gasteiger partial charge is 0.371 e. The molecule has 1 amide bonds. The van der Waals surface area contributed by atoms with Crippen LogP contribution in [0.5, 0.6) is 0 Å². The molecule has 1 saturated carbocycles. The summed E-state index contributed by atoms with van der Waals surface area (Å²) >= 11 is 0. The van der Waals surface area contributed by atoms with Gasteiger partial charge in [0.25, 0.3) is 0 Å². The number of benzene rings is 2. The van der Waals surface area contributed by atoms with Crippen molar-refractivity contribution in [2.45, 2.75) is 51.6 Å². The van der Waals surface area contributed by atoms with E-state index in [0.717, 1.165) is 29.9 Å². The molecule has 0 N–H and O–H groups in total. The SMILES string of the molecule is CC1CCC(N(Cc2ccccc2)C(=O)C2=[C-]c3ccccc3C2)CC1.[Y]. The minimum atomic E-state index is 0. The van der Waals surface area contributed by atoms with Crippen molar-refractivity contribution in [3.63, 3.8) is 0 Å². The maximum atomic E-state index is 13.4. The van der Waals surface area contributed by atoms with E-state index >= 15 is 0 Å². The number of carbonyl (C=O) groups excluding carboxylic acids is 1. The van der Waals surface area contributed by atoms with Crippen LogP contribution in [0, 0.1) is 12.0 Å². The van der Waals surface area contributed by atoms with Crippen molar-refractivity contribution >= 4 is 5.91 Å². The molecule has 137 valence electrons. The second kappa shape index (κ2) is 9.30. The van der Waals surface area contributed by atoms with Crippen LogP contribution in [-0.4, -0.2) is 16.8 Å². The normalized spacial score (nSPS) is 21.0. The maximum absolute atomic E-state index is 13.4. The maximum Gasteiger partial charge on any atom is 0.172 e. The van der Waals surface area contributed by atoms with Gasteiger partial charge in [0.2, 0.25) is 0 Å². The number of hydrogen-bond donors (Lipinski definition) is 0. The van der Waals surface area contributed by atoms with E-state index in [-0.39, 0.29) is 38.6 Å². The summed E-state index contributed by atoms with van der Waals surface area (Å²) < 4.78 is 0. The Balaban J connectivity index is 0.00000210. The van der Waals surface area contributed by atoms with E-state index in [0.29, 0.717) is 19.0 Å². The van der Waals surface area contributed by atoms with Gasteiger partial charge in [-0.15, -0.1) is 35.4 Å². The van der Waals surface area contributed by atoms with E-state index < -0.39 is 0 Å². The molecule has 0 aliphatic heterocycles. The van der Waals surface area contributed by atoms with Gasteiger partial charge in [-0.25, -0.2) is 0 Å². The summed E-state index contributed by atoms with van der Waals surface area (Å²) in [5.41, 5.74) is 4.32. The van der Waals surface area contributed by atoms with Gasteiger partial charge in [-0.3, -0.25) is 0 Å². The van der Waals surface area contributed by atoms with Gasteiger partial charge in [-0.2, -0.15) is 0 Å². The molecule has 2 aromatic carbocycles. The first-order valence-corrected chi connectivity index (χ1v) is 9.76. The molecule has 0 atom stereocenters. The molecule has 0 spiro atoms. The van der Waals surface area contributed by atoms with Gasteiger partial charge >= 0.3 is 0 Å². The Bertz CT molecular complexity index is 806. The molecule has 3 heteroatoms. The van der Waals surface area contributed by atoms with Crippen molar-refractivity contribution in [1.29, 1.82) is 0 Å². The molecule has 2 aliphatic carbocycles. The Morgan fingerprint density at radius 1 is 1.00 bits per heavy atom. The first-order chi connectivity index (χ1) is 12.7. The standard InChI is InChI=1S/C24H26NO.Y/c1-18-11-13-23(14-12-18)25(17-19-7-3-2-4-8-19)24(26)22-15-20-9-5-6-10-21(20)16-22;/h2-10,18,23H,11-15,17H2,1H3;/q-1;. The second-order valence-corrected chi connectivity index (χ2v) is 7.77. The van der Waals surface area contributed by atoms with E-state index in [2.05, 4.69) is 54.3 Å². The molecule has 4 rings (SSSR count). The van der Waals surface area contributed by atoms with Gasteiger partial charge in [-0.1, -0.05) is 48.9 Å². The third kappa shape index (κ3) is 4.78. The molecule has 0 unspecified atom stereocenters. The number of hydrogen-bond acceptors (Lipinski definition) is 1. The third-order valence-electron chi connectivity index (χ3n) is 5.81. The first kappa shape index (κ1) is 20.5. The summed E-state index contributed by atoms with van der Waals surface area (Å²) in [4.78, 5) is 15.5. The molecule has 0 bridgehead atoms. The third-order valence-corrected chi connectivity index (χ3v) is 5.81. The number of amides is 1. The van der Waals surface area contributed by atoms with Crippen LogP contribution in [0.4, 0.5) is 0 Å². The van der Waals surface area contributed by atoms with Gasteiger partial charge in [0.15, 0.2) is 5.91 Å². The fourth-order valence-corrected chi connectivity index (χ4v) is 4.20. The summed E-state index contributed by atoms with van der Waals surface area (Å²) in [6.45, 7) is 3.02. The van der Waals surface area contributed by atoms with Crippen molar-refractivity contribution in [2.24, 2.45) is 5.92 Å². The van der Waals surface area contributed by atoms with Crippen LogP contribution >= 0.6 is 0 Å². The van der Waals surface area contributed by atoms with E-state index in [1.807, 2.05) is 18.2 Å². The minimum Gasteiger partial charge on any atom is -0.371 e. The van der Waals surface area contributed by atoms with Gasteiger partial charge in [0.1, 0.15) is 0 Å². The molecule has 1 fully saturated rings. The molecular weight excluding hydrogens is 407 g/mol. The Labute approximate surface area is 187 Å². The molecule has 0 aromatic heterocycles. The average Bonchev–Trinajstić information content (AvgIpc) is 3.11. The van der Waals surface area contributed by atoms with Crippen LogP contribution in [0.2, 0.25) is 0 Å². The number of nitrogens with zero attached hydrogens (tertiary/aromatic N) is 1. The summed E-state index contributed by atoms with van der Waals surface area (Å²) in [6, 6.07) is 18.9. The molecule has 2 aliphatic rings. The first-order valence-electron chi connectivity index (χ1n) is 9.76. The van der Waals surface area contributed by atoms with Crippen LogP contribution in [0.3, 0.4) is 0 Å². The van der Waals surface area contributed by atoms with Crippen molar-refractivity contribution in [3.8, 4) is 0 Å². The quantitative estimate of drug-likeness (QED) is 0.627. The Hall–Kier alpha value is -1.25. The molecule has 2 nitrogen and oxygen atoms in total. The van der Waals surface area contributed by atoms with Gasteiger partial charge in [0, 0.05) is 45.3 Å². The van der Waals surface area contributed by atoms with Gasteiger partial charge in [-0.05, 0) is 43.6 Å². The zero-order valence-electron chi connectivity index (χ0n) is 16.0. The molecule has 0 heterocycles. The van der Waals surface area contributed by atoms with Gasteiger partial charge < -0.3 is 9.69 Å². The van der Waals surface area contributed by atoms with Crippen LogP contribution in [0.1, 0.15) is 49.3 Å². The molecule has 2 aromatic rings. The Morgan fingerprint density at radius 2 is 1.67 bits per heavy atom. The molecule has 27 heavy (non-hydrogen) atoms. The number of rotatable bonds is 4. The fourth-order valence-electron chi connectivity index (χ4n) is 4.20. The average molecular weight is 433 g/mol. The summed E-state index contributed by atoms with van der Waals surface area (Å²) in [6.07, 6.45) is 8.74. The molecule has 1 radical (unpaired) electrons. The van der Waals surface area contributed by atoms with Gasteiger partial charge in [0.05, 0.1) is 0 Å². The van der Waals surface area contributed by atoms with Crippen molar-refractivity contribution < 1.29 is 37.5 Å². The van der Waals surface area contributed by atoms with E-state index in [4.69, 9.17) is 0 Å². The van der Waals surface area contributed by atoms with Crippen LogP contribution in [0.25, 0.3) is 0 Å². The van der Waals surface area contributed by atoms with Crippen molar-refractivity contribution in [1.82, 2.24) is 4.90 Å². The summed E-state index contributed by atoms with van der Waals surface area (Å²) in [7, 11) is 0. The topological polar surface area (TPSA) is 20.3 Å². The van der Waals surface area contributed by atoms with Crippen LogP contribution in [-0.2, 0) is 50.5 Å². The monoisotopic (exact) mass is 433 g/mol. The fraction of sp³-hybridized carbons (Fsp3) is 0.375. The van der Waals surface area contributed by atoms with Crippen LogP contribution < -0.4 is 0 Å². The van der Waals surface area contributed by atoms with E-state index in [1.165, 1.54) is 24.0 Å². The number of carbonyl (C=O) groups is 1. The smallest absolute Gasteiger partial charge is 0.172 e. The zero-order chi connectivity index (χ0) is 17.9.